The molecule has 0 aliphatic rings. The molecule has 0 unspecified atom stereocenters. The number of anilines is 1. The summed E-state index contributed by atoms with van der Waals surface area (Å²) in [6.45, 7) is 2.29. The molecule has 1 aromatic carbocycles. The average Bonchev–Trinajstić information content (AvgIpc) is 2.45. The fourth-order valence-corrected chi connectivity index (χ4v) is 2.18. The maximum atomic E-state index is 6.19. The molecular weight excluding hydrogens is 308 g/mol. The second-order valence-corrected chi connectivity index (χ2v) is 5.20. The molecule has 3 N–H and O–H groups in total. The second-order valence-electron chi connectivity index (χ2n) is 4.36. The Bertz CT molecular complexity index is 678. The van der Waals surface area contributed by atoms with Crippen LogP contribution in [0.4, 0.5) is 5.95 Å². The Morgan fingerprint density at radius 1 is 1.43 bits per heavy atom. The number of nitrogens with one attached hydrogen (secondary N) is 1. The van der Waals surface area contributed by atoms with Gasteiger partial charge < -0.3 is 15.8 Å². The van der Waals surface area contributed by atoms with Gasteiger partial charge in [0.15, 0.2) is 0 Å². The Balaban J connectivity index is 2.23. The normalized spacial score (nSPS) is 10.2. The maximum absolute atomic E-state index is 6.19. The van der Waals surface area contributed by atoms with Crippen molar-refractivity contribution in [2.24, 2.45) is 5.73 Å². The summed E-state index contributed by atoms with van der Waals surface area (Å²) in [5, 5.41) is 3.73. The number of thiocarbonyl (C=S) groups is 1. The van der Waals surface area contributed by atoms with Crippen molar-refractivity contribution in [3.8, 4) is 5.75 Å². The van der Waals surface area contributed by atoms with Gasteiger partial charge >= 0.3 is 0 Å². The van der Waals surface area contributed by atoms with E-state index in [0.717, 1.165) is 11.3 Å². The average molecular weight is 323 g/mol. The summed E-state index contributed by atoms with van der Waals surface area (Å²) in [7, 11) is 1.60. The van der Waals surface area contributed by atoms with E-state index in [1.807, 2.05) is 19.1 Å². The number of hydrogen-bond donors (Lipinski definition) is 2. The summed E-state index contributed by atoms with van der Waals surface area (Å²) in [5.74, 6) is 1.15. The Labute approximate surface area is 133 Å². The van der Waals surface area contributed by atoms with Gasteiger partial charge in [0.2, 0.25) is 5.95 Å². The van der Waals surface area contributed by atoms with E-state index in [0.29, 0.717) is 29.0 Å². The highest BCUT2D eigenvalue weighted by Gasteiger charge is 2.09. The lowest BCUT2D eigenvalue weighted by Gasteiger charge is -2.12. The SMILES string of the molecule is COc1cccc(Cl)c1CNc1nc(C)cc(C(N)=S)n1. The van der Waals surface area contributed by atoms with Gasteiger partial charge in [0.05, 0.1) is 7.11 Å². The van der Waals surface area contributed by atoms with Gasteiger partial charge in [-0.3, -0.25) is 0 Å². The van der Waals surface area contributed by atoms with E-state index in [4.69, 9.17) is 34.3 Å². The number of ether oxygens (including phenoxy) is 1. The van der Waals surface area contributed by atoms with Crippen molar-refractivity contribution >= 4 is 34.8 Å². The minimum atomic E-state index is 0.235. The first-order chi connectivity index (χ1) is 10.0. The molecule has 2 rings (SSSR count). The topological polar surface area (TPSA) is 73.1 Å². The van der Waals surface area contributed by atoms with E-state index in [1.54, 1.807) is 19.2 Å². The van der Waals surface area contributed by atoms with E-state index < -0.39 is 0 Å². The number of benzene rings is 1. The van der Waals surface area contributed by atoms with Crippen molar-refractivity contribution in [3.63, 3.8) is 0 Å². The number of hydrogen-bond acceptors (Lipinski definition) is 5. The molecule has 1 heterocycles. The molecule has 2 aromatic rings. The lowest BCUT2D eigenvalue weighted by molar-refractivity contribution is 0.410. The van der Waals surface area contributed by atoms with Crippen molar-refractivity contribution in [2.75, 3.05) is 12.4 Å². The third-order valence-electron chi connectivity index (χ3n) is 2.83. The third-order valence-corrected chi connectivity index (χ3v) is 3.39. The molecule has 0 atom stereocenters. The van der Waals surface area contributed by atoms with Crippen LogP contribution in [-0.2, 0) is 6.54 Å². The molecule has 0 aliphatic heterocycles. The molecule has 110 valence electrons. The number of aryl methyl sites for hydroxylation is 1. The largest absolute Gasteiger partial charge is 0.496 e. The molecule has 1 aromatic heterocycles. The monoisotopic (exact) mass is 322 g/mol. The first kappa shape index (κ1) is 15.5. The Hall–Kier alpha value is -1.92. The Morgan fingerprint density at radius 3 is 2.86 bits per heavy atom. The number of methoxy groups -OCH3 is 1. The van der Waals surface area contributed by atoms with Gasteiger partial charge in [0, 0.05) is 22.8 Å². The predicted molar refractivity (Wildman–Crippen MR) is 88.0 cm³/mol. The van der Waals surface area contributed by atoms with Crippen LogP contribution in [0.5, 0.6) is 5.75 Å². The summed E-state index contributed by atoms with van der Waals surface area (Å²) in [6, 6.07) is 7.22. The first-order valence-corrected chi connectivity index (χ1v) is 7.00. The van der Waals surface area contributed by atoms with Crippen molar-refractivity contribution in [1.82, 2.24) is 9.97 Å². The summed E-state index contributed by atoms with van der Waals surface area (Å²) < 4.78 is 5.29. The standard InChI is InChI=1S/C14H15ClN4OS/c1-8-6-11(13(16)21)19-14(18-8)17-7-9-10(15)4-3-5-12(9)20-2/h3-6H,7H2,1-2H3,(H2,16,21)(H,17,18,19). The van der Waals surface area contributed by atoms with Crippen LogP contribution in [0.3, 0.4) is 0 Å². The summed E-state index contributed by atoms with van der Waals surface area (Å²) in [6.07, 6.45) is 0. The number of aromatic nitrogens is 2. The van der Waals surface area contributed by atoms with Gasteiger partial charge in [0.1, 0.15) is 16.4 Å². The fourth-order valence-electron chi connectivity index (χ4n) is 1.84. The van der Waals surface area contributed by atoms with E-state index >= 15 is 0 Å². The van der Waals surface area contributed by atoms with Crippen molar-refractivity contribution in [2.45, 2.75) is 13.5 Å². The second kappa shape index (κ2) is 6.69. The molecule has 0 radical (unpaired) electrons. The van der Waals surface area contributed by atoms with Gasteiger partial charge in [-0.05, 0) is 25.1 Å². The highest BCUT2D eigenvalue weighted by atomic mass is 35.5. The van der Waals surface area contributed by atoms with Gasteiger partial charge in [-0.1, -0.05) is 29.9 Å². The zero-order chi connectivity index (χ0) is 15.4. The summed E-state index contributed by atoms with van der Waals surface area (Å²) >= 11 is 11.1. The maximum Gasteiger partial charge on any atom is 0.223 e. The van der Waals surface area contributed by atoms with Crippen LogP contribution >= 0.6 is 23.8 Å². The van der Waals surface area contributed by atoms with E-state index in [-0.39, 0.29) is 4.99 Å². The van der Waals surface area contributed by atoms with Crippen molar-refractivity contribution in [1.29, 1.82) is 0 Å². The van der Waals surface area contributed by atoms with Gasteiger partial charge in [-0.2, -0.15) is 0 Å². The Morgan fingerprint density at radius 2 is 2.19 bits per heavy atom. The molecular formula is C14H15ClN4OS. The predicted octanol–water partition coefficient (Wildman–Crippen LogP) is 2.69. The zero-order valence-corrected chi connectivity index (χ0v) is 13.3. The van der Waals surface area contributed by atoms with Crippen LogP contribution in [0.1, 0.15) is 17.0 Å². The minimum Gasteiger partial charge on any atom is -0.496 e. The zero-order valence-electron chi connectivity index (χ0n) is 11.7. The van der Waals surface area contributed by atoms with Gasteiger partial charge in [-0.15, -0.1) is 0 Å². The first-order valence-electron chi connectivity index (χ1n) is 6.22. The molecule has 0 bridgehead atoms. The molecule has 0 fully saturated rings. The highest BCUT2D eigenvalue weighted by molar-refractivity contribution is 7.80. The van der Waals surface area contributed by atoms with Crippen LogP contribution in [0.2, 0.25) is 5.02 Å². The van der Waals surface area contributed by atoms with Crippen LogP contribution in [0.15, 0.2) is 24.3 Å². The molecule has 5 nitrogen and oxygen atoms in total. The van der Waals surface area contributed by atoms with E-state index in [9.17, 15) is 0 Å². The smallest absolute Gasteiger partial charge is 0.223 e. The van der Waals surface area contributed by atoms with Crippen molar-refractivity contribution < 1.29 is 4.74 Å². The molecule has 7 heteroatoms. The van der Waals surface area contributed by atoms with E-state index in [1.165, 1.54) is 0 Å². The third kappa shape index (κ3) is 3.80. The van der Waals surface area contributed by atoms with Crippen molar-refractivity contribution in [3.05, 3.63) is 46.2 Å². The molecule has 21 heavy (non-hydrogen) atoms. The molecule has 0 spiro atoms. The molecule has 0 saturated heterocycles. The van der Waals surface area contributed by atoms with Crippen LogP contribution in [0, 0.1) is 6.92 Å². The number of rotatable bonds is 5. The van der Waals surface area contributed by atoms with Crippen LogP contribution < -0.4 is 15.8 Å². The van der Waals surface area contributed by atoms with E-state index in [2.05, 4.69) is 15.3 Å². The molecule has 0 saturated carbocycles. The van der Waals surface area contributed by atoms with Crippen LogP contribution in [0.25, 0.3) is 0 Å². The highest BCUT2D eigenvalue weighted by Crippen LogP contribution is 2.26. The minimum absolute atomic E-state index is 0.235. The lowest BCUT2D eigenvalue weighted by atomic mass is 10.2. The molecule has 0 amide bonds. The number of nitrogens with two attached hydrogens (primary N) is 1. The summed E-state index contributed by atoms with van der Waals surface area (Å²) in [4.78, 5) is 8.79. The lowest BCUT2D eigenvalue weighted by Crippen LogP contribution is -2.15. The summed E-state index contributed by atoms with van der Waals surface area (Å²) in [5.41, 5.74) is 7.75. The number of nitrogens with zero attached hydrogens (tertiary/aromatic N) is 2. The van der Waals surface area contributed by atoms with Gasteiger partial charge in [-0.25, -0.2) is 9.97 Å². The van der Waals surface area contributed by atoms with Gasteiger partial charge in [0.25, 0.3) is 0 Å². The Kier molecular flexibility index (Phi) is 4.93. The quantitative estimate of drug-likeness (QED) is 0.825. The number of halogens is 1. The fraction of sp³-hybridized carbons (Fsp3) is 0.214. The molecule has 0 aliphatic carbocycles. The van der Waals surface area contributed by atoms with Crippen LogP contribution in [-0.4, -0.2) is 22.1 Å².